The van der Waals surface area contributed by atoms with Crippen LogP contribution in [0.15, 0.2) is 71.6 Å². The van der Waals surface area contributed by atoms with Gasteiger partial charge in [-0.3, -0.25) is 9.52 Å². The maximum absolute atomic E-state index is 12.6. The van der Waals surface area contributed by atoms with Gasteiger partial charge in [-0.2, -0.15) is 0 Å². The van der Waals surface area contributed by atoms with E-state index in [1.54, 1.807) is 49.6 Å². The molecule has 0 aromatic heterocycles. The maximum Gasteiger partial charge on any atom is 0.261 e. The number of hydrogen-bond donors (Lipinski definition) is 2. The molecule has 0 unspecified atom stereocenters. The highest BCUT2D eigenvalue weighted by Crippen LogP contribution is 2.29. The lowest BCUT2D eigenvalue weighted by Crippen LogP contribution is -2.18. The van der Waals surface area contributed by atoms with E-state index in [1.165, 1.54) is 24.3 Å². The molecule has 3 aromatic carbocycles. The van der Waals surface area contributed by atoms with Crippen molar-refractivity contribution >= 4 is 21.6 Å². The summed E-state index contributed by atoms with van der Waals surface area (Å²) < 4.78 is 38.4. The van der Waals surface area contributed by atoms with E-state index < -0.39 is 15.9 Å². The lowest BCUT2D eigenvalue weighted by Gasteiger charge is -2.13. The van der Waals surface area contributed by atoms with Gasteiger partial charge in [-0.1, -0.05) is 17.7 Å². The lowest BCUT2D eigenvalue weighted by atomic mass is 10.1. The Morgan fingerprint density at radius 2 is 1.48 bits per heavy atom. The van der Waals surface area contributed by atoms with Crippen molar-refractivity contribution in [2.24, 2.45) is 5.73 Å². The van der Waals surface area contributed by atoms with Gasteiger partial charge >= 0.3 is 0 Å². The zero-order valence-corrected chi connectivity index (χ0v) is 16.7. The molecule has 0 fully saturated rings. The normalized spacial score (nSPS) is 11.0. The van der Waals surface area contributed by atoms with Gasteiger partial charge in [0.2, 0.25) is 0 Å². The number of ether oxygens (including phenoxy) is 2. The molecule has 150 valence electrons. The molecule has 29 heavy (non-hydrogen) atoms. The van der Waals surface area contributed by atoms with Gasteiger partial charge in [0, 0.05) is 0 Å². The number of benzene rings is 3. The Kier molecular flexibility index (Phi) is 5.74. The molecule has 0 spiro atoms. The first-order valence-corrected chi connectivity index (χ1v) is 10.1. The average molecular weight is 412 g/mol. The topological polar surface area (TPSA) is 108 Å². The van der Waals surface area contributed by atoms with Gasteiger partial charge in [-0.25, -0.2) is 8.42 Å². The molecule has 0 saturated carbocycles. The van der Waals surface area contributed by atoms with Crippen molar-refractivity contribution in [3.8, 4) is 17.2 Å². The van der Waals surface area contributed by atoms with E-state index in [-0.39, 0.29) is 16.1 Å². The van der Waals surface area contributed by atoms with Crippen LogP contribution < -0.4 is 19.9 Å². The van der Waals surface area contributed by atoms with Crippen molar-refractivity contribution in [2.45, 2.75) is 11.8 Å². The minimum absolute atomic E-state index is 0.00769. The van der Waals surface area contributed by atoms with Crippen molar-refractivity contribution in [1.29, 1.82) is 0 Å². The summed E-state index contributed by atoms with van der Waals surface area (Å²) in [5.74, 6) is 0.749. The van der Waals surface area contributed by atoms with E-state index in [0.29, 0.717) is 17.2 Å². The molecule has 3 N–H and O–H groups in total. The number of nitrogens with two attached hydrogens (primary N) is 1. The molecular weight excluding hydrogens is 392 g/mol. The minimum atomic E-state index is -3.88. The van der Waals surface area contributed by atoms with Crippen LogP contribution >= 0.6 is 0 Å². The van der Waals surface area contributed by atoms with Gasteiger partial charge < -0.3 is 15.2 Å². The second-order valence-electron chi connectivity index (χ2n) is 6.27. The number of methoxy groups -OCH3 is 1. The third-order valence-corrected chi connectivity index (χ3v) is 5.51. The van der Waals surface area contributed by atoms with Gasteiger partial charge in [0.05, 0.1) is 23.3 Å². The smallest absolute Gasteiger partial charge is 0.261 e. The number of carbonyl (C=O) groups excluding carboxylic acids is 1. The van der Waals surface area contributed by atoms with Crippen LogP contribution in [0.1, 0.15) is 15.9 Å². The Labute approximate surface area is 169 Å². The molecule has 3 aromatic rings. The van der Waals surface area contributed by atoms with Crippen LogP contribution in [0.25, 0.3) is 0 Å². The Balaban J connectivity index is 1.87. The number of primary amides is 1. The predicted octanol–water partition coefficient (Wildman–Crippen LogP) is 3.70. The fourth-order valence-electron chi connectivity index (χ4n) is 2.58. The first-order chi connectivity index (χ1) is 13.8. The maximum atomic E-state index is 12.6. The summed E-state index contributed by atoms with van der Waals surface area (Å²) >= 11 is 0. The zero-order valence-electron chi connectivity index (χ0n) is 15.9. The highest BCUT2D eigenvalue weighted by Gasteiger charge is 2.18. The molecule has 0 heterocycles. The van der Waals surface area contributed by atoms with Crippen molar-refractivity contribution in [3.05, 3.63) is 77.9 Å². The Morgan fingerprint density at radius 1 is 0.897 bits per heavy atom. The van der Waals surface area contributed by atoms with Crippen LogP contribution in [0.4, 0.5) is 5.69 Å². The molecule has 0 bridgehead atoms. The fraction of sp³-hybridized carbons (Fsp3) is 0.0952. The number of aryl methyl sites for hydroxylation is 1. The number of rotatable bonds is 7. The van der Waals surface area contributed by atoms with Gasteiger partial charge in [-0.15, -0.1) is 0 Å². The second-order valence-corrected chi connectivity index (χ2v) is 7.95. The summed E-state index contributed by atoms with van der Waals surface area (Å²) in [7, 11) is -2.32. The van der Waals surface area contributed by atoms with E-state index in [4.69, 9.17) is 15.2 Å². The Morgan fingerprint density at radius 3 is 2.07 bits per heavy atom. The van der Waals surface area contributed by atoms with Crippen LogP contribution in [0.5, 0.6) is 17.2 Å². The minimum Gasteiger partial charge on any atom is -0.497 e. The summed E-state index contributed by atoms with van der Waals surface area (Å²) in [6.07, 6.45) is 0. The molecule has 0 radical (unpaired) electrons. The molecule has 0 aliphatic heterocycles. The first-order valence-electron chi connectivity index (χ1n) is 8.64. The number of nitrogens with one attached hydrogen (secondary N) is 1. The van der Waals surface area contributed by atoms with Crippen LogP contribution in [-0.2, 0) is 10.0 Å². The van der Waals surface area contributed by atoms with Crippen LogP contribution in [0, 0.1) is 6.92 Å². The van der Waals surface area contributed by atoms with E-state index >= 15 is 0 Å². The van der Waals surface area contributed by atoms with Crippen molar-refractivity contribution in [2.75, 3.05) is 11.8 Å². The lowest BCUT2D eigenvalue weighted by molar-refractivity contribution is 0.100. The second kappa shape index (κ2) is 8.24. The summed E-state index contributed by atoms with van der Waals surface area (Å²) in [6.45, 7) is 1.86. The number of hydrogen-bond acceptors (Lipinski definition) is 5. The molecule has 8 heteroatoms. The predicted molar refractivity (Wildman–Crippen MR) is 110 cm³/mol. The third-order valence-electron chi connectivity index (χ3n) is 4.13. The highest BCUT2D eigenvalue weighted by atomic mass is 32.2. The third kappa shape index (κ3) is 4.85. The Bertz CT molecular complexity index is 1120. The monoisotopic (exact) mass is 412 g/mol. The van der Waals surface area contributed by atoms with Gasteiger partial charge in [0.1, 0.15) is 17.2 Å². The molecule has 0 aliphatic rings. The standard InChI is InChI=1S/C21H20N2O5S/c1-14-3-10-18(11-4-14)29(25,26)23-20-12-9-17(13-19(20)21(22)24)28-16-7-5-15(27-2)6-8-16/h3-13,23H,1-2H3,(H2,22,24). The largest absolute Gasteiger partial charge is 0.497 e. The average Bonchev–Trinajstić information content (AvgIpc) is 2.69. The Hall–Kier alpha value is -3.52. The van der Waals surface area contributed by atoms with E-state index in [0.717, 1.165) is 5.56 Å². The fourth-order valence-corrected chi connectivity index (χ4v) is 3.66. The number of carbonyl (C=O) groups is 1. The molecular formula is C21H20N2O5S. The molecule has 0 atom stereocenters. The SMILES string of the molecule is COc1ccc(Oc2ccc(NS(=O)(=O)c3ccc(C)cc3)c(C(N)=O)c2)cc1. The number of amides is 1. The quantitative estimate of drug-likeness (QED) is 0.615. The molecule has 0 saturated heterocycles. The summed E-state index contributed by atoms with van der Waals surface area (Å²) in [6, 6.07) is 17.6. The van der Waals surface area contributed by atoms with E-state index in [2.05, 4.69) is 4.72 Å². The van der Waals surface area contributed by atoms with E-state index in [1.807, 2.05) is 6.92 Å². The summed E-state index contributed by atoms with van der Waals surface area (Å²) in [5.41, 5.74) is 6.44. The zero-order chi connectivity index (χ0) is 21.0. The van der Waals surface area contributed by atoms with Crippen LogP contribution in [0.3, 0.4) is 0 Å². The van der Waals surface area contributed by atoms with Gasteiger partial charge in [0.25, 0.3) is 15.9 Å². The van der Waals surface area contributed by atoms with Crippen LogP contribution in [-0.4, -0.2) is 21.4 Å². The summed E-state index contributed by atoms with van der Waals surface area (Å²) in [4.78, 5) is 12.0. The molecule has 0 aliphatic carbocycles. The number of anilines is 1. The molecule has 1 amide bonds. The molecule has 3 rings (SSSR count). The van der Waals surface area contributed by atoms with Gasteiger partial charge in [-0.05, 0) is 61.5 Å². The molecule has 7 nitrogen and oxygen atoms in total. The van der Waals surface area contributed by atoms with Crippen LogP contribution in [0.2, 0.25) is 0 Å². The highest BCUT2D eigenvalue weighted by molar-refractivity contribution is 7.92. The van der Waals surface area contributed by atoms with Crippen molar-refractivity contribution in [1.82, 2.24) is 0 Å². The van der Waals surface area contributed by atoms with Crippen molar-refractivity contribution < 1.29 is 22.7 Å². The summed E-state index contributed by atoms with van der Waals surface area (Å²) in [5, 5.41) is 0. The van der Waals surface area contributed by atoms with Crippen molar-refractivity contribution in [3.63, 3.8) is 0 Å². The number of sulfonamides is 1. The van der Waals surface area contributed by atoms with E-state index in [9.17, 15) is 13.2 Å². The van der Waals surface area contributed by atoms with Gasteiger partial charge in [0.15, 0.2) is 0 Å². The first kappa shape index (κ1) is 20.2.